The molecule has 0 aliphatic heterocycles. The fourth-order valence-electron chi connectivity index (χ4n) is 1.52. The van der Waals surface area contributed by atoms with E-state index in [0.717, 1.165) is 0 Å². The van der Waals surface area contributed by atoms with E-state index < -0.39 is 10.0 Å². The van der Waals surface area contributed by atoms with Gasteiger partial charge in [-0.15, -0.1) is 0 Å². The van der Waals surface area contributed by atoms with Gasteiger partial charge in [-0.05, 0) is 36.4 Å². The lowest BCUT2D eigenvalue weighted by atomic mass is 10.2. The smallest absolute Gasteiger partial charge is 0.261 e. The first-order chi connectivity index (χ1) is 9.42. The first kappa shape index (κ1) is 14.9. The van der Waals surface area contributed by atoms with E-state index in [4.69, 9.17) is 16.9 Å². The maximum atomic E-state index is 12.2. The van der Waals surface area contributed by atoms with Crippen LogP contribution in [0.2, 0.25) is 5.02 Å². The van der Waals surface area contributed by atoms with Gasteiger partial charge in [0.15, 0.2) is 0 Å². The summed E-state index contributed by atoms with van der Waals surface area (Å²) in [5, 5.41) is 9.15. The Hall–Kier alpha value is -1.55. The van der Waals surface area contributed by atoms with Crippen LogP contribution in [-0.2, 0) is 10.0 Å². The summed E-state index contributed by atoms with van der Waals surface area (Å²) in [6.07, 6.45) is 0. The van der Waals surface area contributed by atoms with Crippen LogP contribution < -0.4 is 4.72 Å². The van der Waals surface area contributed by atoms with Crippen molar-refractivity contribution in [2.45, 2.75) is 4.90 Å². The molecule has 0 aromatic heterocycles. The molecule has 2 aromatic rings. The predicted molar refractivity (Wildman–Crippen MR) is 81.1 cm³/mol. The Morgan fingerprint density at radius 2 is 1.95 bits per heavy atom. The van der Waals surface area contributed by atoms with Crippen molar-refractivity contribution in [3.8, 4) is 6.07 Å². The van der Waals surface area contributed by atoms with Gasteiger partial charge in [0.1, 0.15) is 6.07 Å². The van der Waals surface area contributed by atoms with E-state index in [9.17, 15) is 8.42 Å². The third kappa shape index (κ3) is 3.31. The molecule has 0 aliphatic rings. The van der Waals surface area contributed by atoms with Crippen LogP contribution in [0.1, 0.15) is 5.56 Å². The largest absolute Gasteiger partial charge is 0.280 e. The number of nitriles is 1. The molecular weight excluding hydrogens is 364 g/mol. The summed E-state index contributed by atoms with van der Waals surface area (Å²) < 4.78 is 27.4. The molecule has 102 valence electrons. The van der Waals surface area contributed by atoms with Crippen molar-refractivity contribution in [1.29, 1.82) is 5.26 Å². The Balaban J connectivity index is 2.36. The predicted octanol–water partition coefficient (Wildman–Crippen LogP) is 3.77. The second kappa shape index (κ2) is 5.83. The van der Waals surface area contributed by atoms with E-state index in [-0.39, 0.29) is 21.2 Å². The summed E-state index contributed by atoms with van der Waals surface area (Å²) in [6.45, 7) is 0. The van der Waals surface area contributed by atoms with Gasteiger partial charge in [-0.1, -0.05) is 33.6 Å². The molecule has 20 heavy (non-hydrogen) atoms. The summed E-state index contributed by atoms with van der Waals surface area (Å²) in [7, 11) is -3.71. The molecule has 0 atom stereocenters. The summed E-state index contributed by atoms with van der Waals surface area (Å²) in [5.74, 6) is 0. The lowest BCUT2D eigenvalue weighted by Gasteiger charge is -2.09. The first-order valence-electron chi connectivity index (χ1n) is 5.40. The lowest BCUT2D eigenvalue weighted by Crippen LogP contribution is -2.13. The lowest BCUT2D eigenvalue weighted by molar-refractivity contribution is 0.601. The Kier molecular flexibility index (Phi) is 4.33. The van der Waals surface area contributed by atoms with Gasteiger partial charge in [-0.25, -0.2) is 8.42 Å². The highest BCUT2D eigenvalue weighted by molar-refractivity contribution is 9.10. The topological polar surface area (TPSA) is 70.0 Å². The molecule has 0 unspecified atom stereocenters. The molecule has 1 N–H and O–H groups in total. The number of benzene rings is 2. The Bertz CT molecular complexity index is 800. The number of rotatable bonds is 3. The number of anilines is 1. The molecule has 0 spiro atoms. The fourth-order valence-corrected chi connectivity index (χ4v) is 3.33. The van der Waals surface area contributed by atoms with Crippen LogP contribution in [0.3, 0.4) is 0 Å². The van der Waals surface area contributed by atoms with E-state index in [2.05, 4.69) is 20.7 Å². The SMILES string of the molecule is N#Cc1cc(NS(=O)(=O)c2cccc(Br)c2)ccc1Cl. The van der Waals surface area contributed by atoms with Crippen LogP contribution in [0.25, 0.3) is 0 Å². The number of hydrogen-bond donors (Lipinski definition) is 1. The van der Waals surface area contributed by atoms with E-state index in [1.54, 1.807) is 12.1 Å². The van der Waals surface area contributed by atoms with Crippen molar-refractivity contribution in [2.24, 2.45) is 0 Å². The van der Waals surface area contributed by atoms with Gasteiger partial charge in [-0.3, -0.25) is 4.72 Å². The fraction of sp³-hybridized carbons (Fsp3) is 0. The van der Waals surface area contributed by atoms with E-state index >= 15 is 0 Å². The van der Waals surface area contributed by atoms with Crippen LogP contribution in [0.5, 0.6) is 0 Å². The molecule has 0 radical (unpaired) electrons. The standard InChI is InChI=1S/C13H8BrClN2O2S/c14-10-2-1-3-12(7-10)20(18,19)17-11-4-5-13(15)9(6-11)8-16/h1-7,17H. The molecule has 0 aliphatic carbocycles. The molecule has 2 rings (SSSR count). The minimum absolute atomic E-state index is 0.125. The molecule has 0 heterocycles. The first-order valence-corrected chi connectivity index (χ1v) is 8.06. The minimum Gasteiger partial charge on any atom is -0.280 e. The van der Waals surface area contributed by atoms with Crippen molar-refractivity contribution in [3.63, 3.8) is 0 Å². The van der Waals surface area contributed by atoms with Crippen molar-refractivity contribution in [1.82, 2.24) is 0 Å². The number of sulfonamides is 1. The second-order valence-electron chi connectivity index (χ2n) is 3.87. The zero-order chi connectivity index (χ0) is 14.8. The molecule has 4 nitrogen and oxygen atoms in total. The van der Waals surface area contributed by atoms with Gasteiger partial charge in [0.2, 0.25) is 0 Å². The zero-order valence-corrected chi connectivity index (χ0v) is 13.1. The Labute approximate surface area is 130 Å². The van der Waals surface area contributed by atoms with Crippen molar-refractivity contribution < 1.29 is 8.42 Å². The van der Waals surface area contributed by atoms with Crippen LogP contribution in [0, 0.1) is 11.3 Å². The summed E-state index contributed by atoms with van der Waals surface area (Å²) in [5.41, 5.74) is 0.493. The molecule has 0 fully saturated rings. The van der Waals surface area contributed by atoms with E-state index in [0.29, 0.717) is 4.47 Å². The zero-order valence-electron chi connectivity index (χ0n) is 9.97. The average molecular weight is 372 g/mol. The van der Waals surface area contributed by atoms with Gasteiger partial charge >= 0.3 is 0 Å². The molecule has 0 saturated carbocycles. The highest BCUT2D eigenvalue weighted by atomic mass is 79.9. The van der Waals surface area contributed by atoms with Crippen molar-refractivity contribution in [3.05, 3.63) is 57.5 Å². The molecule has 0 amide bonds. The Morgan fingerprint density at radius 3 is 2.60 bits per heavy atom. The van der Waals surface area contributed by atoms with Crippen LogP contribution in [-0.4, -0.2) is 8.42 Å². The molecule has 0 saturated heterocycles. The number of hydrogen-bond acceptors (Lipinski definition) is 3. The third-order valence-corrected chi connectivity index (χ3v) is 4.65. The molecular formula is C13H8BrClN2O2S. The summed E-state index contributed by atoms with van der Waals surface area (Å²) >= 11 is 9.02. The van der Waals surface area contributed by atoms with Crippen molar-refractivity contribution >= 4 is 43.2 Å². The van der Waals surface area contributed by atoms with Crippen LogP contribution >= 0.6 is 27.5 Å². The monoisotopic (exact) mass is 370 g/mol. The highest BCUT2D eigenvalue weighted by Crippen LogP contribution is 2.23. The second-order valence-corrected chi connectivity index (χ2v) is 6.87. The van der Waals surface area contributed by atoms with Crippen LogP contribution in [0.15, 0.2) is 51.8 Å². The van der Waals surface area contributed by atoms with E-state index in [1.165, 1.54) is 30.3 Å². The molecule has 2 aromatic carbocycles. The van der Waals surface area contributed by atoms with Crippen molar-refractivity contribution in [2.75, 3.05) is 4.72 Å². The maximum Gasteiger partial charge on any atom is 0.261 e. The van der Waals surface area contributed by atoms with Gasteiger partial charge in [0.25, 0.3) is 10.0 Å². The minimum atomic E-state index is -3.71. The number of halogens is 2. The summed E-state index contributed by atoms with van der Waals surface area (Å²) in [6, 6.07) is 12.6. The molecule has 0 bridgehead atoms. The Morgan fingerprint density at radius 1 is 1.20 bits per heavy atom. The number of nitrogens with zero attached hydrogens (tertiary/aromatic N) is 1. The average Bonchev–Trinajstić information content (AvgIpc) is 2.40. The maximum absolute atomic E-state index is 12.2. The van der Waals surface area contributed by atoms with Gasteiger partial charge < -0.3 is 0 Å². The van der Waals surface area contributed by atoms with Gasteiger partial charge in [0, 0.05) is 4.47 Å². The van der Waals surface area contributed by atoms with Gasteiger partial charge in [-0.2, -0.15) is 5.26 Å². The summed E-state index contributed by atoms with van der Waals surface area (Å²) in [4.78, 5) is 0.125. The highest BCUT2D eigenvalue weighted by Gasteiger charge is 2.15. The van der Waals surface area contributed by atoms with Crippen LogP contribution in [0.4, 0.5) is 5.69 Å². The third-order valence-electron chi connectivity index (χ3n) is 2.45. The van der Waals surface area contributed by atoms with Gasteiger partial charge in [0.05, 0.1) is 21.2 Å². The normalized spacial score (nSPS) is 10.8. The quantitative estimate of drug-likeness (QED) is 0.892. The molecule has 7 heteroatoms. The number of nitrogens with one attached hydrogen (secondary N) is 1. The van der Waals surface area contributed by atoms with E-state index in [1.807, 2.05) is 6.07 Å².